The van der Waals surface area contributed by atoms with E-state index in [1.54, 1.807) is 32.9 Å². The van der Waals surface area contributed by atoms with Crippen LogP contribution in [0.25, 0.3) is 0 Å². The Kier molecular flexibility index (Phi) is 8.58. The Morgan fingerprint density at radius 2 is 1.71 bits per heavy atom. The molecule has 1 saturated heterocycles. The topological polar surface area (TPSA) is 105 Å². The molecule has 2 heterocycles. The molecule has 0 aliphatic carbocycles. The number of allylic oxidation sites excluding steroid dienone is 1. The molecular formula is C29H32N2O6S. The van der Waals surface area contributed by atoms with Crippen molar-refractivity contribution >= 4 is 29.7 Å². The highest BCUT2D eigenvalue weighted by Gasteiger charge is 2.54. The number of aliphatic hydroxyl groups is 1. The number of carbonyl (C=O) groups is 3. The van der Waals surface area contributed by atoms with Crippen LogP contribution in [-0.2, 0) is 19.1 Å². The monoisotopic (exact) mass is 536 g/mol. The molecule has 8 nitrogen and oxygen atoms in total. The summed E-state index contributed by atoms with van der Waals surface area (Å²) in [5.41, 5.74) is 1.65. The van der Waals surface area contributed by atoms with Crippen LogP contribution >= 0.6 is 11.8 Å². The summed E-state index contributed by atoms with van der Waals surface area (Å²) < 4.78 is 11.4. The average molecular weight is 537 g/mol. The van der Waals surface area contributed by atoms with Crippen molar-refractivity contribution < 1.29 is 29.0 Å². The standard InChI is InChI=1S/C29H32N2O6S/c1-29(2,3)37-28(35)30-22-25(33)31-23(21(16-10-11-17-32)18-38-26(22)31)27(34)36-24(19-12-6-4-7-13-19)20-14-8-5-9-15-20/h4-10,12-16,22,24,26,32H,11,17-18H2,1-3H3,(H,30,35)/b16-10-/t22-,26+/m1/s1. The lowest BCUT2D eigenvalue weighted by atomic mass is 10.0. The number of β-lactam (4-membered cyclic amide) rings is 1. The van der Waals surface area contributed by atoms with Gasteiger partial charge in [-0.15, -0.1) is 11.8 Å². The molecule has 0 spiro atoms. The average Bonchev–Trinajstić information content (AvgIpc) is 2.90. The minimum Gasteiger partial charge on any atom is -0.448 e. The molecule has 2 atom stereocenters. The van der Waals surface area contributed by atoms with E-state index < -0.39 is 41.1 Å². The van der Waals surface area contributed by atoms with Crippen molar-refractivity contribution in [1.82, 2.24) is 10.2 Å². The Morgan fingerprint density at radius 3 is 2.26 bits per heavy atom. The summed E-state index contributed by atoms with van der Waals surface area (Å²) in [5, 5.41) is 11.4. The number of benzene rings is 2. The third-order valence-corrected chi connectivity index (χ3v) is 7.21. The summed E-state index contributed by atoms with van der Waals surface area (Å²) in [7, 11) is 0. The first-order valence-electron chi connectivity index (χ1n) is 12.4. The van der Waals surface area contributed by atoms with Crippen LogP contribution < -0.4 is 5.32 Å². The molecule has 1 fully saturated rings. The molecule has 2 aliphatic rings. The number of alkyl carbamates (subject to hydrolysis) is 1. The van der Waals surface area contributed by atoms with Gasteiger partial charge in [-0.2, -0.15) is 0 Å². The normalized spacial score (nSPS) is 19.3. The van der Waals surface area contributed by atoms with Crippen LogP contribution in [0.5, 0.6) is 0 Å². The maximum absolute atomic E-state index is 13.8. The van der Waals surface area contributed by atoms with Crippen LogP contribution in [0.15, 0.2) is 84.1 Å². The smallest absolute Gasteiger partial charge is 0.408 e. The molecule has 0 bridgehead atoms. The maximum atomic E-state index is 13.8. The molecule has 0 saturated carbocycles. The molecule has 2 N–H and O–H groups in total. The first kappa shape index (κ1) is 27.5. The van der Waals surface area contributed by atoms with Gasteiger partial charge in [-0.3, -0.25) is 9.69 Å². The predicted octanol–water partition coefficient (Wildman–Crippen LogP) is 4.32. The zero-order valence-corrected chi connectivity index (χ0v) is 22.4. The van der Waals surface area contributed by atoms with E-state index in [1.165, 1.54) is 16.7 Å². The van der Waals surface area contributed by atoms with Crippen molar-refractivity contribution in [3.63, 3.8) is 0 Å². The SMILES string of the molecule is CC(C)(C)OC(=O)N[C@@H]1C(=O)N2C(C(=O)OC(c3ccccc3)c3ccccc3)=C(/C=C\CCO)CS[C@@H]12. The van der Waals surface area contributed by atoms with Crippen molar-refractivity contribution in [2.24, 2.45) is 0 Å². The predicted molar refractivity (Wildman–Crippen MR) is 145 cm³/mol. The zero-order valence-electron chi connectivity index (χ0n) is 21.6. The second-order valence-corrected chi connectivity index (χ2v) is 11.0. The summed E-state index contributed by atoms with van der Waals surface area (Å²) in [4.78, 5) is 40.8. The van der Waals surface area contributed by atoms with Crippen LogP contribution in [0, 0.1) is 0 Å². The second-order valence-electron chi connectivity index (χ2n) is 9.93. The van der Waals surface area contributed by atoms with Gasteiger partial charge >= 0.3 is 12.1 Å². The molecule has 38 heavy (non-hydrogen) atoms. The van der Waals surface area contributed by atoms with Crippen molar-refractivity contribution in [2.75, 3.05) is 12.4 Å². The number of aliphatic hydroxyl groups excluding tert-OH is 1. The number of amides is 2. The lowest BCUT2D eigenvalue weighted by molar-refractivity contribution is -0.153. The zero-order chi connectivity index (χ0) is 27.3. The highest BCUT2D eigenvalue weighted by Crippen LogP contribution is 2.42. The van der Waals surface area contributed by atoms with Gasteiger partial charge in [0.15, 0.2) is 6.10 Å². The largest absolute Gasteiger partial charge is 0.448 e. The van der Waals surface area contributed by atoms with E-state index in [1.807, 2.05) is 60.7 Å². The third-order valence-electron chi connectivity index (χ3n) is 5.91. The number of carbonyl (C=O) groups excluding carboxylic acids is 3. The van der Waals surface area contributed by atoms with E-state index >= 15 is 0 Å². The Labute approximate surface area is 226 Å². The van der Waals surface area contributed by atoms with Gasteiger partial charge in [0.05, 0.1) is 0 Å². The molecule has 2 aliphatic heterocycles. The van der Waals surface area contributed by atoms with Crippen molar-refractivity contribution in [1.29, 1.82) is 0 Å². The minimum absolute atomic E-state index is 0.0338. The van der Waals surface area contributed by atoms with Gasteiger partial charge in [0.25, 0.3) is 5.91 Å². The van der Waals surface area contributed by atoms with Gasteiger partial charge in [0.1, 0.15) is 22.7 Å². The van der Waals surface area contributed by atoms with Crippen molar-refractivity contribution in [3.05, 3.63) is 95.2 Å². The molecule has 0 aromatic heterocycles. The fourth-order valence-corrected chi connectivity index (χ4v) is 5.56. The summed E-state index contributed by atoms with van der Waals surface area (Å²) in [6.45, 7) is 5.20. The fourth-order valence-electron chi connectivity index (χ4n) is 4.24. The van der Waals surface area contributed by atoms with Crippen molar-refractivity contribution in [2.45, 2.75) is 50.3 Å². The molecule has 2 aromatic rings. The lowest BCUT2D eigenvalue weighted by Gasteiger charge is -2.49. The summed E-state index contributed by atoms with van der Waals surface area (Å²) >= 11 is 1.44. The molecule has 4 rings (SSSR count). The second kappa shape index (κ2) is 11.9. The number of esters is 1. The molecule has 9 heteroatoms. The van der Waals surface area contributed by atoms with Gasteiger partial charge in [-0.25, -0.2) is 9.59 Å². The van der Waals surface area contributed by atoms with Gasteiger partial charge in [-0.05, 0) is 43.9 Å². The van der Waals surface area contributed by atoms with Crippen LogP contribution in [-0.4, -0.2) is 57.4 Å². The number of nitrogens with one attached hydrogen (secondary N) is 1. The Hall–Kier alpha value is -3.56. The highest BCUT2D eigenvalue weighted by atomic mass is 32.2. The van der Waals surface area contributed by atoms with Gasteiger partial charge in [0.2, 0.25) is 0 Å². The van der Waals surface area contributed by atoms with Crippen LogP contribution in [0.1, 0.15) is 44.4 Å². The molecule has 200 valence electrons. The lowest BCUT2D eigenvalue weighted by Crippen LogP contribution is -2.70. The number of fused-ring (bicyclic) bond motifs is 1. The van der Waals surface area contributed by atoms with Gasteiger partial charge in [-0.1, -0.05) is 72.8 Å². The Bertz CT molecular complexity index is 1180. The Balaban J connectivity index is 1.62. The fraction of sp³-hybridized carbons (Fsp3) is 0.345. The molecular weight excluding hydrogens is 504 g/mol. The van der Waals surface area contributed by atoms with Gasteiger partial charge < -0.3 is 19.9 Å². The first-order chi connectivity index (χ1) is 18.2. The molecule has 2 amide bonds. The molecule has 0 unspecified atom stereocenters. The summed E-state index contributed by atoms with van der Waals surface area (Å²) in [6, 6.07) is 18.0. The van der Waals surface area contributed by atoms with Crippen molar-refractivity contribution in [3.8, 4) is 0 Å². The number of thioether (sulfide) groups is 1. The highest BCUT2D eigenvalue weighted by molar-refractivity contribution is 8.00. The number of rotatable bonds is 8. The van der Waals surface area contributed by atoms with E-state index in [9.17, 15) is 19.5 Å². The number of ether oxygens (including phenoxy) is 2. The third kappa shape index (κ3) is 6.28. The number of hydrogen-bond acceptors (Lipinski definition) is 7. The minimum atomic E-state index is -0.820. The summed E-state index contributed by atoms with van der Waals surface area (Å²) in [6.07, 6.45) is 2.55. The number of nitrogens with zero attached hydrogens (tertiary/aromatic N) is 1. The maximum Gasteiger partial charge on any atom is 0.408 e. The summed E-state index contributed by atoms with van der Waals surface area (Å²) in [5.74, 6) is -0.626. The van der Waals surface area contributed by atoms with Gasteiger partial charge in [0, 0.05) is 12.4 Å². The quantitative estimate of drug-likeness (QED) is 0.382. The van der Waals surface area contributed by atoms with Crippen LogP contribution in [0.4, 0.5) is 4.79 Å². The Morgan fingerprint density at radius 1 is 1.11 bits per heavy atom. The molecule has 0 radical (unpaired) electrons. The number of hydrogen-bond donors (Lipinski definition) is 2. The van der Waals surface area contributed by atoms with Crippen LogP contribution in [0.2, 0.25) is 0 Å². The van der Waals surface area contributed by atoms with E-state index in [0.717, 1.165) is 11.1 Å². The van der Waals surface area contributed by atoms with Crippen LogP contribution in [0.3, 0.4) is 0 Å². The van der Waals surface area contributed by atoms with E-state index in [2.05, 4.69) is 5.32 Å². The van der Waals surface area contributed by atoms with E-state index in [0.29, 0.717) is 17.7 Å². The molecule has 2 aromatic carbocycles. The first-order valence-corrected chi connectivity index (χ1v) is 13.5. The van der Waals surface area contributed by atoms with E-state index in [4.69, 9.17) is 9.47 Å². The van der Waals surface area contributed by atoms with E-state index in [-0.39, 0.29) is 12.3 Å².